The van der Waals surface area contributed by atoms with Crippen molar-refractivity contribution < 1.29 is 13.5 Å². The van der Waals surface area contributed by atoms with E-state index in [0.29, 0.717) is 12.4 Å². The molecule has 0 bridgehead atoms. The minimum atomic E-state index is -0.448. The van der Waals surface area contributed by atoms with Crippen LogP contribution in [-0.2, 0) is 6.54 Å². The number of halogens is 2. The SMILES string of the molecule is CCOc1ccccc1NCc1cc(F)ccc1F. The van der Waals surface area contributed by atoms with E-state index in [9.17, 15) is 8.78 Å². The molecule has 0 aliphatic rings. The van der Waals surface area contributed by atoms with Gasteiger partial charge in [0.15, 0.2) is 0 Å². The Balaban J connectivity index is 2.12. The largest absolute Gasteiger partial charge is 0.492 e. The van der Waals surface area contributed by atoms with Crippen LogP contribution in [0.25, 0.3) is 0 Å². The number of nitrogens with one attached hydrogen (secondary N) is 1. The maximum absolute atomic E-state index is 13.5. The third-order valence-electron chi connectivity index (χ3n) is 2.66. The van der Waals surface area contributed by atoms with Gasteiger partial charge in [-0.05, 0) is 37.3 Å². The molecule has 1 N–H and O–H groups in total. The maximum Gasteiger partial charge on any atom is 0.142 e. The van der Waals surface area contributed by atoms with E-state index in [1.807, 2.05) is 31.2 Å². The summed E-state index contributed by atoms with van der Waals surface area (Å²) < 4.78 is 32.0. The van der Waals surface area contributed by atoms with Gasteiger partial charge in [0.25, 0.3) is 0 Å². The first-order chi connectivity index (χ1) is 9.20. The third-order valence-corrected chi connectivity index (χ3v) is 2.66. The molecule has 0 saturated carbocycles. The summed E-state index contributed by atoms with van der Waals surface area (Å²) in [5.74, 6) is -0.180. The fraction of sp³-hybridized carbons (Fsp3) is 0.200. The highest BCUT2D eigenvalue weighted by Crippen LogP contribution is 2.24. The van der Waals surface area contributed by atoms with Crippen LogP contribution in [0.2, 0.25) is 0 Å². The molecule has 2 nitrogen and oxygen atoms in total. The topological polar surface area (TPSA) is 21.3 Å². The molecular weight excluding hydrogens is 248 g/mol. The van der Waals surface area contributed by atoms with Crippen molar-refractivity contribution in [2.24, 2.45) is 0 Å². The summed E-state index contributed by atoms with van der Waals surface area (Å²) in [6.07, 6.45) is 0. The lowest BCUT2D eigenvalue weighted by atomic mass is 10.2. The van der Waals surface area contributed by atoms with Crippen molar-refractivity contribution in [3.63, 3.8) is 0 Å². The van der Waals surface area contributed by atoms with Crippen LogP contribution < -0.4 is 10.1 Å². The number of para-hydroxylation sites is 2. The highest BCUT2D eigenvalue weighted by atomic mass is 19.1. The first-order valence-electron chi connectivity index (χ1n) is 6.10. The zero-order valence-electron chi connectivity index (χ0n) is 10.6. The van der Waals surface area contributed by atoms with Gasteiger partial charge >= 0.3 is 0 Å². The lowest BCUT2D eigenvalue weighted by molar-refractivity contribution is 0.341. The molecule has 0 aliphatic heterocycles. The Morgan fingerprint density at radius 3 is 2.68 bits per heavy atom. The molecule has 2 rings (SSSR count). The van der Waals surface area contributed by atoms with Gasteiger partial charge in [0.2, 0.25) is 0 Å². The van der Waals surface area contributed by atoms with Gasteiger partial charge in [-0.3, -0.25) is 0 Å². The summed E-state index contributed by atoms with van der Waals surface area (Å²) in [5.41, 5.74) is 1.04. The van der Waals surface area contributed by atoms with Crippen molar-refractivity contribution in [2.45, 2.75) is 13.5 Å². The molecule has 0 radical (unpaired) electrons. The molecule has 0 unspecified atom stereocenters. The molecule has 0 heterocycles. The Bertz CT molecular complexity index is 558. The summed E-state index contributed by atoms with van der Waals surface area (Å²) in [4.78, 5) is 0. The van der Waals surface area contributed by atoms with E-state index in [2.05, 4.69) is 5.32 Å². The second-order valence-electron chi connectivity index (χ2n) is 4.02. The zero-order chi connectivity index (χ0) is 13.7. The molecule has 19 heavy (non-hydrogen) atoms. The van der Waals surface area contributed by atoms with Crippen molar-refractivity contribution in [3.05, 3.63) is 59.7 Å². The second kappa shape index (κ2) is 6.18. The Kier molecular flexibility index (Phi) is 4.34. The van der Waals surface area contributed by atoms with Gasteiger partial charge in [0.1, 0.15) is 17.4 Å². The van der Waals surface area contributed by atoms with Gasteiger partial charge < -0.3 is 10.1 Å². The number of hydrogen-bond acceptors (Lipinski definition) is 2. The Hall–Kier alpha value is -2.10. The van der Waals surface area contributed by atoms with Crippen LogP contribution in [0, 0.1) is 11.6 Å². The molecular formula is C15H15F2NO. The predicted molar refractivity (Wildman–Crippen MR) is 71.3 cm³/mol. The second-order valence-corrected chi connectivity index (χ2v) is 4.02. The van der Waals surface area contributed by atoms with Crippen LogP contribution in [0.4, 0.5) is 14.5 Å². The molecule has 0 aromatic heterocycles. The summed E-state index contributed by atoms with van der Waals surface area (Å²) in [6.45, 7) is 2.64. The van der Waals surface area contributed by atoms with E-state index in [1.165, 1.54) is 6.07 Å². The first kappa shape index (κ1) is 13.3. The van der Waals surface area contributed by atoms with Crippen molar-refractivity contribution in [1.29, 1.82) is 0 Å². The fourth-order valence-electron chi connectivity index (χ4n) is 1.76. The zero-order valence-corrected chi connectivity index (χ0v) is 10.6. The lowest BCUT2D eigenvalue weighted by Gasteiger charge is -2.12. The van der Waals surface area contributed by atoms with E-state index >= 15 is 0 Å². The molecule has 0 atom stereocenters. The van der Waals surface area contributed by atoms with E-state index < -0.39 is 11.6 Å². The molecule has 0 amide bonds. The fourth-order valence-corrected chi connectivity index (χ4v) is 1.76. The molecule has 100 valence electrons. The van der Waals surface area contributed by atoms with E-state index in [4.69, 9.17) is 4.74 Å². The molecule has 0 spiro atoms. The predicted octanol–water partition coefficient (Wildman–Crippen LogP) is 3.98. The third kappa shape index (κ3) is 3.44. The van der Waals surface area contributed by atoms with Gasteiger partial charge in [-0.2, -0.15) is 0 Å². The standard InChI is InChI=1S/C15H15F2NO/c1-2-19-15-6-4-3-5-14(15)18-10-11-9-12(16)7-8-13(11)17/h3-9,18H,2,10H2,1H3. The molecule has 0 aliphatic carbocycles. The van der Waals surface area contributed by atoms with Crippen LogP contribution in [0.5, 0.6) is 5.75 Å². The van der Waals surface area contributed by atoms with Crippen molar-refractivity contribution in [1.82, 2.24) is 0 Å². The number of rotatable bonds is 5. The monoisotopic (exact) mass is 263 g/mol. The van der Waals surface area contributed by atoms with Crippen LogP contribution in [0.1, 0.15) is 12.5 Å². The molecule has 4 heteroatoms. The van der Waals surface area contributed by atoms with Crippen LogP contribution in [0.3, 0.4) is 0 Å². The maximum atomic E-state index is 13.5. The van der Waals surface area contributed by atoms with E-state index in [-0.39, 0.29) is 12.1 Å². The molecule has 0 fully saturated rings. The number of anilines is 1. The van der Waals surface area contributed by atoms with Gasteiger partial charge in [0.05, 0.1) is 12.3 Å². The average Bonchev–Trinajstić information content (AvgIpc) is 2.42. The lowest BCUT2D eigenvalue weighted by Crippen LogP contribution is -2.04. The quantitative estimate of drug-likeness (QED) is 0.881. The van der Waals surface area contributed by atoms with Crippen molar-refractivity contribution in [3.8, 4) is 5.75 Å². The molecule has 0 saturated heterocycles. The normalized spacial score (nSPS) is 10.3. The van der Waals surface area contributed by atoms with Crippen LogP contribution in [-0.4, -0.2) is 6.61 Å². The van der Waals surface area contributed by atoms with Gasteiger partial charge in [0, 0.05) is 12.1 Å². The van der Waals surface area contributed by atoms with Crippen LogP contribution >= 0.6 is 0 Å². The summed E-state index contributed by atoms with van der Waals surface area (Å²) in [7, 11) is 0. The molecule has 2 aromatic rings. The summed E-state index contributed by atoms with van der Waals surface area (Å²) in [5, 5.41) is 3.05. The van der Waals surface area contributed by atoms with Gasteiger partial charge in [-0.1, -0.05) is 12.1 Å². The first-order valence-corrected chi connectivity index (χ1v) is 6.10. The minimum absolute atomic E-state index is 0.202. The Labute approximate surface area is 111 Å². The van der Waals surface area contributed by atoms with E-state index in [1.54, 1.807) is 0 Å². The minimum Gasteiger partial charge on any atom is -0.492 e. The highest BCUT2D eigenvalue weighted by Gasteiger charge is 2.06. The molecule has 2 aromatic carbocycles. The van der Waals surface area contributed by atoms with Crippen molar-refractivity contribution in [2.75, 3.05) is 11.9 Å². The number of benzene rings is 2. The van der Waals surface area contributed by atoms with Crippen molar-refractivity contribution >= 4 is 5.69 Å². The Morgan fingerprint density at radius 2 is 1.89 bits per heavy atom. The van der Waals surface area contributed by atoms with E-state index in [0.717, 1.165) is 17.8 Å². The van der Waals surface area contributed by atoms with Gasteiger partial charge in [-0.25, -0.2) is 8.78 Å². The van der Waals surface area contributed by atoms with Crippen LogP contribution in [0.15, 0.2) is 42.5 Å². The smallest absolute Gasteiger partial charge is 0.142 e. The number of hydrogen-bond donors (Lipinski definition) is 1. The summed E-state index contributed by atoms with van der Waals surface area (Å²) in [6, 6.07) is 10.8. The highest BCUT2D eigenvalue weighted by molar-refractivity contribution is 5.56. The number of ether oxygens (including phenoxy) is 1. The average molecular weight is 263 g/mol. The Morgan fingerprint density at radius 1 is 1.11 bits per heavy atom. The van der Waals surface area contributed by atoms with Gasteiger partial charge in [-0.15, -0.1) is 0 Å². The summed E-state index contributed by atoms with van der Waals surface area (Å²) >= 11 is 0.